The van der Waals surface area contributed by atoms with E-state index in [0.717, 1.165) is 19.6 Å². The molecule has 0 aromatic heterocycles. The third-order valence-electron chi connectivity index (χ3n) is 5.93. The van der Waals surface area contributed by atoms with Gasteiger partial charge in [-0.1, -0.05) is 44.2 Å². The highest BCUT2D eigenvalue weighted by Gasteiger charge is 2.45. The molecule has 0 saturated carbocycles. The summed E-state index contributed by atoms with van der Waals surface area (Å²) in [6.07, 6.45) is 1.29. The molecule has 2 aromatic rings. The van der Waals surface area contributed by atoms with Gasteiger partial charge in [0, 0.05) is 37.9 Å². The summed E-state index contributed by atoms with van der Waals surface area (Å²) in [5.74, 6) is 1.03. The molecule has 2 aromatic carbocycles. The number of phenolic OH excluding ortho intramolecular Hbond substituents is 1. The van der Waals surface area contributed by atoms with Gasteiger partial charge in [-0.05, 0) is 47.6 Å². The van der Waals surface area contributed by atoms with Crippen molar-refractivity contribution in [1.29, 1.82) is 0 Å². The number of phenols is 1. The molecule has 2 bridgehead atoms. The van der Waals surface area contributed by atoms with Crippen molar-refractivity contribution in [3.8, 4) is 5.75 Å². The molecule has 1 N–H and O–H groups in total. The van der Waals surface area contributed by atoms with Crippen molar-refractivity contribution in [3.05, 3.63) is 60.2 Å². The summed E-state index contributed by atoms with van der Waals surface area (Å²) < 4.78 is 0. The summed E-state index contributed by atoms with van der Waals surface area (Å²) in [7, 11) is 0. The first kappa shape index (κ1) is 16.5. The van der Waals surface area contributed by atoms with E-state index >= 15 is 0 Å². The van der Waals surface area contributed by atoms with Gasteiger partial charge in [-0.15, -0.1) is 0 Å². The molecule has 0 amide bonds. The number of piperidine rings is 1. The van der Waals surface area contributed by atoms with E-state index in [4.69, 9.17) is 0 Å². The van der Waals surface area contributed by atoms with Gasteiger partial charge >= 0.3 is 0 Å². The Hall–Kier alpha value is -2.00. The highest BCUT2D eigenvalue weighted by Crippen LogP contribution is 2.43. The van der Waals surface area contributed by atoms with Crippen LogP contribution in [0.25, 0.3) is 0 Å². The average Bonchev–Trinajstić information content (AvgIpc) is 2.82. The largest absolute Gasteiger partial charge is 0.508 e. The van der Waals surface area contributed by atoms with E-state index in [9.17, 15) is 5.11 Å². The summed E-state index contributed by atoms with van der Waals surface area (Å²) in [5, 5.41) is 9.62. The number of fused-ring (bicyclic) bond motifs is 4. The van der Waals surface area contributed by atoms with Gasteiger partial charge < -0.3 is 10.0 Å². The van der Waals surface area contributed by atoms with Crippen LogP contribution in [0.4, 0.5) is 5.69 Å². The van der Waals surface area contributed by atoms with E-state index in [1.54, 1.807) is 0 Å². The Labute approximate surface area is 150 Å². The van der Waals surface area contributed by atoms with Gasteiger partial charge in [-0.25, -0.2) is 0 Å². The van der Waals surface area contributed by atoms with Crippen LogP contribution in [-0.4, -0.2) is 35.7 Å². The number of hydrogen-bond donors (Lipinski definition) is 1. The lowest BCUT2D eigenvalue weighted by Gasteiger charge is -2.48. The molecule has 3 fully saturated rings. The van der Waals surface area contributed by atoms with Crippen LogP contribution < -0.4 is 4.90 Å². The predicted molar refractivity (Wildman–Crippen MR) is 103 cm³/mol. The molecule has 25 heavy (non-hydrogen) atoms. The molecule has 2 atom stereocenters. The number of benzene rings is 2. The highest BCUT2D eigenvalue weighted by atomic mass is 16.3. The van der Waals surface area contributed by atoms with E-state index in [-0.39, 0.29) is 0 Å². The quantitative estimate of drug-likeness (QED) is 0.913. The predicted octanol–water partition coefficient (Wildman–Crippen LogP) is 4.13. The number of hydrogen-bond acceptors (Lipinski definition) is 3. The van der Waals surface area contributed by atoms with E-state index in [1.807, 2.05) is 12.1 Å². The summed E-state index contributed by atoms with van der Waals surface area (Å²) in [4.78, 5) is 5.22. The van der Waals surface area contributed by atoms with Crippen molar-refractivity contribution < 1.29 is 5.11 Å². The second kappa shape index (κ2) is 6.38. The third kappa shape index (κ3) is 3.38. The average molecular weight is 336 g/mol. The number of nitrogens with zero attached hydrogens (tertiary/aromatic N) is 2. The zero-order chi connectivity index (χ0) is 17.4. The fourth-order valence-electron chi connectivity index (χ4n) is 4.82. The third-order valence-corrected chi connectivity index (χ3v) is 5.93. The van der Waals surface area contributed by atoms with Gasteiger partial charge in [-0.2, -0.15) is 0 Å². The van der Waals surface area contributed by atoms with Gasteiger partial charge in [0.1, 0.15) is 5.75 Å². The molecule has 5 rings (SSSR count). The monoisotopic (exact) mass is 336 g/mol. The molecule has 3 nitrogen and oxygen atoms in total. The summed E-state index contributed by atoms with van der Waals surface area (Å²) >= 11 is 0. The molecule has 0 spiro atoms. The smallest absolute Gasteiger partial charge is 0.115 e. The number of aromatic hydroxyl groups is 1. The molecule has 3 aliphatic heterocycles. The molecule has 3 heterocycles. The first-order valence-corrected chi connectivity index (χ1v) is 9.33. The van der Waals surface area contributed by atoms with Gasteiger partial charge in [0.05, 0.1) is 0 Å². The van der Waals surface area contributed by atoms with Gasteiger partial charge in [0.15, 0.2) is 0 Å². The normalized spacial score (nSPS) is 25.8. The minimum absolute atomic E-state index is 0.298. The van der Waals surface area contributed by atoms with Crippen LogP contribution in [0.3, 0.4) is 0 Å². The molecule has 3 aliphatic rings. The van der Waals surface area contributed by atoms with Crippen LogP contribution in [0.15, 0.2) is 54.6 Å². The Kier molecular flexibility index (Phi) is 4.20. The Morgan fingerprint density at radius 2 is 1.68 bits per heavy atom. The fraction of sp³-hybridized carbons (Fsp3) is 0.455. The van der Waals surface area contributed by atoms with Crippen LogP contribution in [0.2, 0.25) is 0 Å². The maximum atomic E-state index is 9.62. The maximum absolute atomic E-state index is 9.62. The van der Waals surface area contributed by atoms with E-state index in [1.165, 1.54) is 24.2 Å². The lowest BCUT2D eigenvalue weighted by atomic mass is 9.73. The Balaban J connectivity index is 1.60. The van der Waals surface area contributed by atoms with Crippen molar-refractivity contribution >= 4 is 5.69 Å². The Bertz CT molecular complexity index is 711. The van der Waals surface area contributed by atoms with Crippen LogP contribution in [0.1, 0.15) is 25.8 Å². The molecular formula is C22H28N2O. The van der Waals surface area contributed by atoms with Crippen LogP contribution >= 0.6 is 0 Å². The number of anilines is 1. The van der Waals surface area contributed by atoms with Crippen LogP contribution in [0, 0.1) is 11.3 Å². The Morgan fingerprint density at radius 1 is 0.960 bits per heavy atom. The topological polar surface area (TPSA) is 26.7 Å². The van der Waals surface area contributed by atoms with Crippen molar-refractivity contribution in [3.63, 3.8) is 0 Å². The second-order valence-corrected chi connectivity index (χ2v) is 8.42. The summed E-state index contributed by atoms with van der Waals surface area (Å²) in [6, 6.07) is 19.1. The first-order valence-electron chi connectivity index (χ1n) is 9.33. The molecule has 0 unspecified atom stereocenters. The zero-order valence-corrected chi connectivity index (χ0v) is 15.2. The van der Waals surface area contributed by atoms with E-state index in [2.05, 4.69) is 66.1 Å². The van der Waals surface area contributed by atoms with Crippen molar-refractivity contribution in [2.45, 2.75) is 32.9 Å². The highest BCUT2D eigenvalue weighted by molar-refractivity contribution is 5.51. The van der Waals surface area contributed by atoms with Crippen molar-refractivity contribution in [1.82, 2.24) is 4.90 Å². The second-order valence-electron chi connectivity index (χ2n) is 8.42. The van der Waals surface area contributed by atoms with Gasteiger partial charge in [0.2, 0.25) is 0 Å². The lowest BCUT2D eigenvalue weighted by molar-refractivity contribution is 0.190. The molecule has 0 aliphatic carbocycles. The summed E-state index contributed by atoms with van der Waals surface area (Å²) in [5.41, 5.74) is 2.94. The summed E-state index contributed by atoms with van der Waals surface area (Å²) in [6.45, 7) is 9.26. The lowest BCUT2D eigenvalue weighted by Crippen LogP contribution is -2.53. The molecule has 132 valence electrons. The fourth-order valence-corrected chi connectivity index (χ4v) is 4.82. The molecule has 3 heteroatoms. The van der Waals surface area contributed by atoms with Gasteiger partial charge in [0.25, 0.3) is 0 Å². The molecule has 3 saturated heterocycles. The minimum Gasteiger partial charge on any atom is -0.508 e. The van der Waals surface area contributed by atoms with E-state index < -0.39 is 0 Å². The van der Waals surface area contributed by atoms with Crippen molar-refractivity contribution in [2.24, 2.45) is 11.3 Å². The SMILES string of the molecule is CC1(C)C[C@H]2CN(Cc3ccccc3)C[C@H]1N(c1ccc(O)cc1)C2. The van der Waals surface area contributed by atoms with Crippen molar-refractivity contribution in [2.75, 3.05) is 24.5 Å². The number of rotatable bonds is 3. The van der Waals surface area contributed by atoms with Crippen LogP contribution in [0.5, 0.6) is 5.75 Å². The Morgan fingerprint density at radius 3 is 2.40 bits per heavy atom. The molecular weight excluding hydrogens is 308 g/mol. The minimum atomic E-state index is 0.298. The van der Waals surface area contributed by atoms with E-state index in [0.29, 0.717) is 23.1 Å². The maximum Gasteiger partial charge on any atom is 0.115 e. The molecule has 0 radical (unpaired) electrons. The zero-order valence-electron chi connectivity index (χ0n) is 15.2. The first-order chi connectivity index (χ1) is 12.0. The van der Waals surface area contributed by atoms with Crippen LogP contribution in [-0.2, 0) is 6.54 Å². The standard InChI is InChI=1S/C22H28N2O/c1-22(2)12-18-14-23(13-17-6-4-3-5-7-17)16-21(22)24(15-18)19-8-10-20(25)11-9-19/h3-11,18,21,25H,12-16H2,1-2H3/t18-,21+/m0/s1. The van der Waals surface area contributed by atoms with Gasteiger partial charge in [-0.3, -0.25) is 4.90 Å².